The van der Waals surface area contributed by atoms with Gasteiger partial charge in [0.15, 0.2) is 0 Å². The average Bonchev–Trinajstić information content (AvgIpc) is 2.52. The van der Waals surface area contributed by atoms with Gasteiger partial charge in [-0.3, -0.25) is 4.90 Å². The average molecular weight is 279 g/mol. The van der Waals surface area contributed by atoms with Crippen molar-refractivity contribution in [2.24, 2.45) is 0 Å². The van der Waals surface area contributed by atoms with Crippen molar-refractivity contribution in [1.82, 2.24) is 14.9 Å². The van der Waals surface area contributed by atoms with Gasteiger partial charge in [-0.2, -0.15) is 0 Å². The van der Waals surface area contributed by atoms with Crippen molar-refractivity contribution >= 4 is 11.6 Å². The molecule has 1 fully saturated rings. The molecule has 1 aromatic heterocycles. The highest BCUT2D eigenvalue weighted by atomic mass is 16.5. The summed E-state index contributed by atoms with van der Waals surface area (Å²) in [5, 5.41) is 6.46. The van der Waals surface area contributed by atoms with Crippen LogP contribution in [0.4, 0.5) is 11.6 Å². The second kappa shape index (κ2) is 8.01. The minimum absolute atomic E-state index is 0.845. The minimum atomic E-state index is 0.845. The van der Waals surface area contributed by atoms with Crippen LogP contribution in [0.1, 0.15) is 19.2 Å². The van der Waals surface area contributed by atoms with Crippen LogP contribution >= 0.6 is 0 Å². The molecule has 0 bridgehead atoms. The highest BCUT2D eigenvalue weighted by Gasteiger charge is 2.09. The van der Waals surface area contributed by atoms with Crippen LogP contribution in [0, 0.1) is 0 Å². The lowest BCUT2D eigenvalue weighted by atomic mass is 10.3. The third-order valence-electron chi connectivity index (χ3n) is 3.41. The summed E-state index contributed by atoms with van der Waals surface area (Å²) in [4.78, 5) is 11.3. The third-order valence-corrected chi connectivity index (χ3v) is 3.41. The van der Waals surface area contributed by atoms with Crippen LogP contribution < -0.4 is 10.6 Å². The predicted molar refractivity (Wildman–Crippen MR) is 81.3 cm³/mol. The summed E-state index contributed by atoms with van der Waals surface area (Å²) in [7, 11) is 1.88. The van der Waals surface area contributed by atoms with E-state index in [0.717, 1.165) is 69.7 Å². The highest BCUT2D eigenvalue weighted by Crippen LogP contribution is 2.11. The summed E-state index contributed by atoms with van der Waals surface area (Å²) in [6.07, 6.45) is 1.96. The quantitative estimate of drug-likeness (QED) is 0.732. The maximum atomic E-state index is 5.35. The molecule has 2 heterocycles. The molecule has 1 aliphatic heterocycles. The minimum Gasteiger partial charge on any atom is -0.379 e. The van der Waals surface area contributed by atoms with Crippen LogP contribution in [0.3, 0.4) is 0 Å². The highest BCUT2D eigenvalue weighted by molar-refractivity contribution is 5.47. The molecule has 0 spiro atoms. The summed E-state index contributed by atoms with van der Waals surface area (Å²) < 4.78 is 5.35. The van der Waals surface area contributed by atoms with Crippen LogP contribution in [0.2, 0.25) is 0 Å². The molecule has 20 heavy (non-hydrogen) atoms. The molecule has 2 rings (SSSR count). The van der Waals surface area contributed by atoms with E-state index in [1.54, 1.807) is 0 Å². The van der Waals surface area contributed by atoms with Gasteiger partial charge in [-0.05, 0) is 13.0 Å². The Bertz CT molecular complexity index is 384. The van der Waals surface area contributed by atoms with E-state index >= 15 is 0 Å². The van der Waals surface area contributed by atoms with Gasteiger partial charge in [0, 0.05) is 39.2 Å². The fourth-order valence-corrected chi connectivity index (χ4v) is 2.22. The Morgan fingerprint density at radius 3 is 2.70 bits per heavy atom. The fraction of sp³-hybridized carbons (Fsp3) is 0.714. The smallest absolute Gasteiger partial charge is 0.132 e. The molecular weight excluding hydrogens is 254 g/mol. The van der Waals surface area contributed by atoms with E-state index in [4.69, 9.17) is 4.74 Å². The zero-order valence-electron chi connectivity index (χ0n) is 12.5. The molecule has 1 aromatic rings. The molecular formula is C14H25N5O. The van der Waals surface area contributed by atoms with Gasteiger partial charge >= 0.3 is 0 Å². The normalized spacial score (nSPS) is 16.1. The molecule has 0 unspecified atom stereocenters. The van der Waals surface area contributed by atoms with E-state index < -0.39 is 0 Å². The van der Waals surface area contributed by atoms with E-state index in [9.17, 15) is 0 Å². The van der Waals surface area contributed by atoms with Crippen LogP contribution in [0.15, 0.2) is 6.07 Å². The van der Waals surface area contributed by atoms with E-state index in [-0.39, 0.29) is 0 Å². The van der Waals surface area contributed by atoms with Crippen molar-refractivity contribution in [1.29, 1.82) is 0 Å². The summed E-state index contributed by atoms with van der Waals surface area (Å²) >= 11 is 0. The standard InChI is InChI=1S/C14H25N5O/c1-3-12-17-13(15-2)11-14(18-12)16-5-4-6-19-7-9-20-10-8-19/h11H,3-10H2,1-2H3,(H2,15,16,17,18). The van der Waals surface area contributed by atoms with Gasteiger partial charge < -0.3 is 15.4 Å². The lowest BCUT2D eigenvalue weighted by Gasteiger charge is -2.26. The first kappa shape index (κ1) is 15.0. The number of aromatic nitrogens is 2. The van der Waals surface area contributed by atoms with Crippen molar-refractivity contribution in [2.75, 3.05) is 57.1 Å². The lowest BCUT2D eigenvalue weighted by Crippen LogP contribution is -2.37. The van der Waals surface area contributed by atoms with Gasteiger partial charge in [0.05, 0.1) is 13.2 Å². The molecule has 6 heteroatoms. The van der Waals surface area contributed by atoms with Gasteiger partial charge in [-0.1, -0.05) is 6.92 Å². The first-order valence-electron chi connectivity index (χ1n) is 7.41. The Labute approximate surface area is 120 Å². The number of anilines is 2. The van der Waals surface area contributed by atoms with E-state index in [1.807, 2.05) is 13.1 Å². The van der Waals surface area contributed by atoms with Gasteiger partial charge in [0.2, 0.25) is 0 Å². The number of nitrogens with one attached hydrogen (secondary N) is 2. The third kappa shape index (κ3) is 4.61. The van der Waals surface area contributed by atoms with Gasteiger partial charge in [-0.15, -0.1) is 0 Å². The van der Waals surface area contributed by atoms with E-state index in [0.29, 0.717) is 0 Å². The second-order valence-corrected chi connectivity index (χ2v) is 4.89. The van der Waals surface area contributed by atoms with Crippen LogP contribution in [-0.2, 0) is 11.2 Å². The zero-order valence-corrected chi connectivity index (χ0v) is 12.5. The predicted octanol–water partition coefficient (Wildman–Crippen LogP) is 1.21. The Morgan fingerprint density at radius 1 is 1.25 bits per heavy atom. The molecule has 0 amide bonds. The van der Waals surface area contributed by atoms with Gasteiger partial charge in [0.1, 0.15) is 17.5 Å². The largest absolute Gasteiger partial charge is 0.379 e. The monoisotopic (exact) mass is 279 g/mol. The number of ether oxygens (including phenoxy) is 1. The first-order valence-corrected chi connectivity index (χ1v) is 7.41. The molecule has 0 atom stereocenters. The molecule has 0 aliphatic carbocycles. The van der Waals surface area contributed by atoms with Crippen molar-refractivity contribution in [3.8, 4) is 0 Å². The summed E-state index contributed by atoms with van der Waals surface area (Å²) in [5.41, 5.74) is 0. The maximum absolute atomic E-state index is 5.35. The Hall–Kier alpha value is -1.40. The van der Waals surface area contributed by atoms with Crippen LogP contribution in [-0.4, -0.2) is 61.3 Å². The molecule has 2 N–H and O–H groups in total. The lowest BCUT2D eigenvalue weighted by molar-refractivity contribution is 0.0378. The summed E-state index contributed by atoms with van der Waals surface area (Å²) in [6, 6.07) is 1.95. The maximum Gasteiger partial charge on any atom is 0.132 e. The van der Waals surface area contributed by atoms with E-state index in [2.05, 4.69) is 32.4 Å². The molecule has 0 radical (unpaired) electrons. The number of hydrogen-bond acceptors (Lipinski definition) is 6. The van der Waals surface area contributed by atoms with Gasteiger partial charge in [0.25, 0.3) is 0 Å². The van der Waals surface area contributed by atoms with Crippen molar-refractivity contribution in [2.45, 2.75) is 19.8 Å². The zero-order chi connectivity index (χ0) is 14.2. The van der Waals surface area contributed by atoms with Crippen molar-refractivity contribution in [3.63, 3.8) is 0 Å². The Kier molecular flexibility index (Phi) is 6.01. The SMILES string of the molecule is CCc1nc(NC)cc(NCCCN2CCOCC2)n1. The summed E-state index contributed by atoms with van der Waals surface area (Å²) in [5.74, 6) is 2.64. The number of aryl methyl sites for hydroxylation is 1. The molecule has 112 valence electrons. The van der Waals surface area contributed by atoms with Crippen molar-refractivity contribution < 1.29 is 4.74 Å². The Morgan fingerprint density at radius 2 is 2.00 bits per heavy atom. The fourth-order valence-electron chi connectivity index (χ4n) is 2.22. The van der Waals surface area contributed by atoms with Crippen LogP contribution in [0.25, 0.3) is 0 Å². The van der Waals surface area contributed by atoms with Gasteiger partial charge in [-0.25, -0.2) is 9.97 Å². The molecule has 1 saturated heterocycles. The number of hydrogen-bond donors (Lipinski definition) is 2. The van der Waals surface area contributed by atoms with E-state index in [1.165, 1.54) is 0 Å². The molecule has 0 saturated carbocycles. The summed E-state index contributed by atoms with van der Waals surface area (Å²) in [6.45, 7) is 7.95. The number of nitrogens with zero attached hydrogens (tertiary/aromatic N) is 3. The number of morpholine rings is 1. The molecule has 6 nitrogen and oxygen atoms in total. The number of rotatable bonds is 7. The molecule has 1 aliphatic rings. The van der Waals surface area contributed by atoms with Crippen LogP contribution in [0.5, 0.6) is 0 Å². The Balaban J connectivity index is 1.75. The second-order valence-electron chi connectivity index (χ2n) is 4.89. The first-order chi connectivity index (χ1) is 9.81. The van der Waals surface area contributed by atoms with Crippen molar-refractivity contribution in [3.05, 3.63) is 11.9 Å². The molecule has 0 aromatic carbocycles. The topological polar surface area (TPSA) is 62.3 Å².